The van der Waals surface area contributed by atoms with Gasteiger partial charge in [0.25, 0.3) is 0 Å². The molecule has 1 spiro atoms. The fraction of sp³-hybridized carbons (Fsp3) is 0.409. The zero-order valence-corrected chi connectivity index (χ0v) is 17.1. The number of rotatable bonds is 3. The van der Waals surface area contributed by atoms with Gasteiger partial charge in [-0.05, 0) is 24.1 Å². The van der Waals surface area contributed by atoms with Crippen LogP contribution in [0, 0.1) is 0 Å². The predicted octanol–water partition coefficient (Wildman–Crippen LogP) is 3.62. The Morgan fingerprint density at radius 1 is 1.13 bits per heavy atom. The highest BCUT2D eigenvalue weighted by Crippen LogP contribution is 2.45. The van der Waals surface area contributed by atoms with Crippen molar-refractivity contribution >= 4 is 17.6 Å². The molecule has 2 aliphatic rings. The van der Waals surface area contributed by atoms with Crippen molar-refractivity contribution in [3.05, 3.63) is 59.9 Å². The first-order valence-corrected chi connectivity index (χ1v) is 9.98. The molecular formula is C22H24F3N3O3. The number of hydrogen-bond acceptors (Lipinski definition) is 4. The van der Waals surface area contributed by atoms with Crippen LogP contribution < -0.4 is 4.90 Å². The van der Waals surface area contributed by atoms with Gasteiger partial charge in [-0.15, -0.1) is 0 Å². The van der Waals surface area contributed by atoms with Crippen molar-refractivity contribution in [1.82, 2.24) is 9.88 Å². The van der Waals surface area contributed by atoms with Crippen LogP contribution in [-0.4, -0.2) is 52.7 Å². The maximum absolute atomic E-state index is 12.1. The molecule has 1 amide bonds. The third kappa shape index (κ3) is 4.98. The highest BCUT2D eigenvalue weighted by molar-refractivity contribution is 5.77. The number of likely N-dealkylation sites (tertiary alicyclic amines) is 1. The van der Waals surface area contributed by atoms with Crippen molar-refractivity contribution in [1.29, 1.82) is 0 Å². The van der Waals surface area contributed by atoms with Crippen molar-refractivity contribution in [3.8, 4) is 0 Å². The molecule has 0 saturated carbocycles. The molecular weight excluding hydrogens is 411 g/mol. The summed E-state index contributed by atoms with van der Waals surface area (Å²) >= 11 is 0. The molecule has 166 valence electrons. The number of carbonyl (C=O) groups excluding carboxylic acids is 1. The monoisotopic (exact) mass is 435 g/mol. The number of amides is 1. The van der Waals surface area contributed by atoms with Gasteiger partial charge in [-0.1, -0.05) is 37.3 Å². The molecule has 31 heavy (non-hydrogen) atoms. The standard InChI is InChI=1S/C20H23N3O.C2HF3O2/c1-2-18(24)22-12-10-20(14-22)15-23(13-16-7-4-3-5-8-16)17-9-6-11-21-19(17)20;3-2(4,5)1(6)7/h3-9,11H,2,10,12-15H2,1H3;(H,6,7). The number of hydrogen-bond donors (Lipinski definition) is 1. The Bertz CT molecular complexity index is 936. The number of halogens is 3. The van der Waals surface area contributed by atoms with E-state index in [1.807, 2.05) is 24.1 Å². The Morgan fingerprint density at radius 3 is 2.42 bits per heavy atom. The molecule has 4 rings (SSSR count). The Kier molecular flexibility index (Phi) is 6.52. The van der Waals surface area contributed by atoms with E-state index in [0.717, 1.165) is 32.6 Å². The van der Waals surface area contributed by atoms with Crippen molar-refractivity contribution < 1.29 is 27.9 Å². The average Bonchev–Trinajstić information content (AvgIpc) is 3.31. The molecule has 0 aliphatic carbocycles. The van der Waals surface area contributed by atoms with Gasteiger partial charge in [0.05, 0.1) is 16.8 Å². The number of alkyl halides is 3. The highest BCUT2D eigenvalue weighted by Gasteiger charge is 2.49. The van der Waals surface area contributed by atoms with Crippen LogP contribution >= 0.6 is 0 Å². The van der Waals surface area contributed by atoms with E-state index >= 15 is 0 Å². The van der Waals surface area contributed by atoms with E-state index in [0.29, 0.717) is 6.42 Å². The largest absolute Gasteiger partial charge is 0.490 e. The lowest BCUT2D eigenvalue weighted by Gasteiger charge is -2.25. The lowest BCUT2D eigenvalue weighted by atomic mass is 9.85. The molecule has 0 bridgehead atoms. The first kappa shape index (κ1) is 22.6. The van der Waals surface area contributed by atoms with Crippen LogP contribution in [-0.2, 0) is 21.5 Å². The van der Waals surface area contributed by atoms with E-state index in [1.54, 1.807) is 0 Å². The molecule has 1 atom stereocenters. The van der Waals surface area contributed by atoms with Gasteiger partial charge in [-0.3, -0.25) is 9.78 Å². The Labute approximate surface area is 178 Å². The third-order valence-corrected chi connectivity index (χ3v) is 5.59. The first-order chi connectivity index (χ1) is 14.7. The van der Waals surface area contributed by atoms with Crippen molar-refractivity contribution in [3.63, 3.8) is 0 Å². The number of carbonyl (C=O) groups is 2. The van der Waals surface area contributed by atoms with E-state index in [4.69, 9.17) is 14.9 Å². The van der Waals surface area contributed by atoms with E-state index in [-0.39, 0.29) is 11.3 Å². The number of aromatic nitrogens is 1. The van der Waals surface area contributed by atoms with Crippen LogP contribution in [0.5, 0.6) is 0 Å². The van der Waals surface area contributed by atoms with Gasteiger partial charge in [0, 0.05) is 38.8 Å². The fourth-order valence-corrected chi connectivity index (χ4v) is 4.16. The summed E-state index contributed by atoms with van der Waals surface area (Å²) in [4.78, 5) is 30.2. The molecule has 0 radical (unpaired) electrons. The molecule has 1 N–H and O–H groups in total. The molecule has 2 aliphatic heterocycles. The normalized spacial score (nSPS) is 19.7. The quantitative estimate of drug-likeness (QED) is 0.797. The Morgan fingerprint density at radius 2 is 1.81 bits per heavy atom. The number of carboxylic acids is 1. The summed E-state index contributed by atoms with van der Waals surface area (Å²) in [7, 11) is 0. The van der Waals surface area contributed by atoms with Crippen molar-refractivity contribution in [2.45, 2.75) is 37.9 Å². The van der Waals surface area contributed by atoms with E-state index in [9.17, 15) is 18.0 Å². The molecule has 1 aromatic heterocycles. The summed E-state index contributed by atoms with van der Waals surface area (Å²) in [5, 5.41) is 7.12. The first-order valence-electron chi connectivity index (χ1n) is 9.98. The van der Waals surface area contributed by atoms with Crippen LogP contribution in [0.25, 0.3) is 0 Å². The van der Waals surface area contributed by atoms with Crippen molar-refractivity contribution in [2.75, 3.05) is 24.5 Å². The van der Waals surface area contributed by atoms with Crippen molar-refractivity contribution in [2.24, 2.45) is 0 Å². The molecule has 1 saturated heterocycles. The molecule has 1 unspecified atom stereocenters. The summed E-state index contributed by atoms with van der Waals surface area (Å²) in [6.07, 6.45) is -1.61. The van der Waals surface area contributed by atoms with Gasteiger partial charge in [-0.2, -0.15) is 13.2 Å². The zero-order chi connectivity index (χ0) is 22.6. The second-order valence-electron chi connectivity index (χ2n) is 7.71. The summed E-state index contributed by atoms with van der Waals surface area (Å²) in [6.45, 7) is 5.43. The number of anilines is 1. The number of pyridine rings is 1. The molecule has 6 nitrogen and oxygen atoms in total. The van der Waals surface area contributed by atoms with Gasteiger partial charge >= 0.3 is 12.1 Å². The van der Waals surface area contributed by atoms with Gasteiger partial charge in [0.15, 0.2) is 0 Å². The summed E-state index contributed by atoms with van der Waals surface area (Å²) in [6, 6.07) is 14.7. The van der Waals surface area contributed by atoms with E-state index < -0.39 is 12.1 Å². The predicted molar refractivity (Wildman–Crippen MR) is 109 cm³/mol. The highest BCUT2D eigenvalue weighted by atomic mass is 19.4. The van der Waals surface area contributed by atoms with E-state index in [2.05, 4.69) is 41.3 Å². The fourth-order valence-electron chi connectivity index (χ4n) is 4.16. The molecule has 1 fully saturated rings. The number of nitrogens with zero attached hydrogens (tertiary/aromatic N) is 3. The maximum atomic E-state index is 12.1. The summed E-state index contributed by atoms with van der Waals surface area (Å²) < 4.78 is 31.7. The smallest absolute Gasteiger partial charge is 0.475 e. The molecule has 2 aromatic rings. The topological polar surface area (TPSA) is 73.7 Å². The third-order valence-electron chi connectivity index (χ3n) is 5.59. The molecule has 1 aromatic carbocycles. The Balaban J connectivity index is 0.000000339. The lowest BCUT2D eigenvalue weighted by molar-refractivity contribution is -0.192. The van der Waals surface area contributed by atoms with E-state index in [1.165, 1.54) is 16.9 Å². The van der Waals surface area contributed by atoms with Crippen LogP contribution in [0.4, 0.5) is 18.9 Å². The molecule has 3 heterocycles. The van der Waals surface area contributed by atoms with Gasteiger partial charge < -0.3 is 14.9 Å². The SMILES string of the molecule is CCC(=O)N1CCC2(C1)CN(Cc1ccccc1)c1cccnc12.O=C(O)C(F)(F)F. The number of fused-ring (bicyclic) bond motifs is 2. The number of aliphatic carboxylic acids is 1. The van der Waals surface area contributed by atoms with Crippen LogP contribution in [0.3, 0.4) is 0 Å². The summed E-state index contributed by atoms with van der Waals surface area (Å²) in [5.41, 5.74) is 3.71. The lowest BCUT2D eigenvalue weighted by Crippen LogP contribution is -2.38. The Hall–Kier alpha value is -3.10. The average molecular weight is 435 g/mol. The zero-order valence-electron chi connectivity index (χ0n) is 17.1. The second-order valence-corrected chi connectivity index (χ2v) is 7.71. The van der Waals surface area contributed by atoms with Crippen LogP contribution in [0.15, 0.2) is 48.7 Å². The maximum Gasteiger partial charge on any atom is 0.490 e. The second kappa shape index (κ2) is 8.95. The van der Waals surface area contributed by atoms with Crippen LogP contribution in [0.1, 0.15) is 31.0 Å². The number of benzene rings is 1. The van der Waals surface area contributed by atoms with Gasteiger partial charge in [0.2, 0.25) is 5.91 Å². The molecule has 9 heteroatoms. The minimum atomic E-state index is -5.08. The van der Waals surface area contributed by atoms with Gasteiger partial charge in [-0.25, -0.2) is 4.79 Å². The summed E-state index contributed by atoms with van der Waals surface area (Å²) in [5.74, 6) is -2.50. The van der Waals surface area contributed by atoms with Gasteiger partial charge in [0.1, 0.15) is 0 Å². The van der Waals surface area contributed by atoms with Crippen LogP contribution in [0.2, 0.25) is 0 Å². The minimum absolute atomic E-state index is 0.00377. The minimum Gasteiger partial charge on any atom is -0.475 e. The number of carboxylic acid groups (broad SMARTS) is 1.